The first kappa shape index (κ1) is 18.2. The summed E-state index contributed by atoms with van der Waals surface area (Å²) in [4.78, 5) is 23.8. The van der Waals surface area contributed by atoms with Crippen LogP contribution < -0.4 is 4.74 Å². The predicted octanol–water partition coefficient (Wildman–Crippen LogP) is 4.01. The Morgan fingerprint density at radius 2 is 1.70 bits per heavy atom. The van der Waals surface area contributed by atoms with Crippen molar-refractivity contribution in [3.8, 4) is 6.01 Å². The Kier molecular flexibility index (Phi) is 5.30. The van der Waals surface area contributed by atoms with Gasteiger partial charge in [0.2, 0.25) is 5.91 Å². The third-order valence-electron chi connectivity index (χ3n) is 5.81. The van der Waals surface area contributed by atoms with Crippen LogP contribution in [0.2, 0.25) is 5.02 Å². The van der Waals surface area contributed by atoms with Crippen molar-refractivity contribution >= 4 is 17.5 Å². The highest BCUT2D eigenvalue weighted by molar-refractivity contribution is 6.30. The average molecular weight is 386 g/mol. The van der Waals surface area contributed by atoms with E-state index >= 15 is 0 Å². The maximum atomic E-state index is 13.5. The van der Waals surface area contributed by atoms with E-state index in [1.807, 2.05) is 29.2 Å². The lowest BCUT2D eigenvalue weighted by Crippen LogP contribution is -2.50. The van der Waals surface area contributed by atoms with Gasteiger partial charge in [0.1, 0.15) is 6.10 Å². The van der Waals surface area contributed by atoms with Crippen molar-refractivity contribution in [2.75, 3.05) is 13.1 Å². The van der Waals surface area contributed by atoms with E-state index in [1.54, 1.807) is 18.5 Å². The molecular weight excluding hydrogens is 362 g/mol. The maximum absolute atomic E-state index is 13.5. The number of hydrogen-bond donors (Lipinski definition) is 0. The van der Waals surface area contributed by atoms with E-state index in [0.717, 1.165) is 44.1 Å². The highest BCUT2D eigenvalue weighted by Crippen LogP contribution is 2.43. The number of carbonyl (C=O) groups excluding carboxylic acids is 1. The molecule has 4 rings (SSSR count). The van der Waals surface area contributed by atoms with Crippen LogP contribution in [0.1, 0.15) is 44.1 Å². The molecule has 5 nitrogen and oxygen atoms in total. The third-order valence-corrected chi connectivity index (χ3v) is 6.06. The molecule has 1 saturated heterocycles. The Morgan fingerprint density at radius 3 is 2.33 bits per heavy atom. The van der Waals surface area contributed by atoms with Crippen LogP contribution in [0, 0.1) is 0 Å². The molecule has 2 heterocycles. The van der Waals surface area contributed by atoms with Gasteiger partial charge in [0, 0.05) is 43.3 Å². The summed E-state index contributed by atoms with van der Waals surface area (Å²) in [6, 6.07) is 10.0. The molecule has 1 amide bonds. The molecule has 0 bridgehead atoms. The summed E-state index contributed by atoms with van der Waals surface area (Å²) in [7, 11) is 0. The van der Waals surface area contributed by atoms with E-state index in [4.69, 9.17) is 16.3 Å². The van der Waals surface area contributed by atoms with Crippen LogP contribution in [-0.2, 0) is 10.2 Å². The Morgan fingerprint density at radius 1 is 1.07 bits per heavy atom. The van der Waals surface area contributed by atoms with Gasteiger partial charge in [-0.25, -0.2) is 9.97 Å². The minimum atomic E-state index is -0.388. The molecule has 2 aliphatic rings. The van der Waals surface area contributed by atoms with Gasteiger partial charge in [0.15, 0.2) is 0 Å². The molecule has 27 heavy (non-hydrogen) atoms. The standard InChI is InChI=1S/C21H24ClN3O2/c22-17-6-4-16(5-7-17)21(10-1-2-11-21)19(26)25-14-8-18(9-15-25)27-20-23-12-3-13-24-20/h3-7,12-13,18H,1-2,8-11,14-15H2. The van der Waals surface area contributed by atoms with Gasteiger partial charge >= 0.3 is 6.01 Å². The van der Waals surface area contributed by atoms with E-state index in [2.05, 4.69) is 9.97 Å². The summed E-state index contributed by atoms with van der Waals surface area (Å²) in [6.07, 6.45) is 9.06. The second kappa shape index (κ2) is 7.85. The number of aromatic nitrogens is 2. The first-order valence-corrected chi connectivity index (χ1v) is 10.0. The summed E-state index contributed by atoms with van der Waals surface area (Å²) in [5.41, 5.74) is 0.714. The highest BCUT2D eigenvalue weighted by Gasteiger charge is 2.45. The van der Waals surface area contributed by atoms with E-state index < -0.39 is 0 Å². The van der Waals surface area contributed by atoms with Gasteiger partial charge < -0.3 is 9.64 Å². The molecule has 6 heteroatoms. The van der Waals surface area contributed by atoms with Crippen molar-refractivity contribution in [1.29, 1.82) is 0 Å². The third kappa shape index (κ3) is 3.79. The van der Waals surface area contributed by atoms with Gasteiger partial charge in [0.05, 0.1) is 5.41 Å². The van der Waals surface area contributed by atoms with Crippen LogP contribution in [0.3, 0.4) is 0 Å². The maximum Gasteiger partial charge on any atom is 0.316 e. The van der Waals surface area contributed by atoms with Crippen LogP contribution in [-0.4, -0.2) is 40.0 Å². The van der Waals surface area contributed by atoms with E-state index in [1.165, 1.54) is 0 Å². The summed E-state index contributed by atoms with van der Waals surface area (Å²) in [5.74, 6) is 0.261. The SMILES string of the molecule is O=C(N1CCC(Oc2ncccn2)CC1)C1(c2ccc(Cl)cc2)CCCC1. The minimum absolute atomic E-state index is 0.0616. The second-order valence-corrected chi connectivity index (χ2v) is 7.87. The van der Waals surface area contributed by atoms with Crippen LogP contribution in [0.5, 0.6) is 6.01 Å². The van der Waals surface area contributed by atoms with Crippen molar-refractivity contribution in [2.24, 2.45) is 0 Å². The number of halogens is 1. The lowest BCUT2D eigenvalue weighted by molar-refractivity contribution is -0.139. The van der Waals surface area contributed by atoms with Crippen molar-refractivity contribution in [3.05, 3.63) is 53.3 Å². The molecule has 1 aliphatic heterocycles. The van der Waals surface area contributed by atoms with Crippen LogP contribution >= 0.6 is 11.6 Å². The summed E-state index contributed by atoms with van der Waals surface area (Å²) >= 11 is 6.06. The van der Waals surface area contributed by atoms with Gasteiger partial charge in [-0.15, -0.1) is 0 Å². The normalized spacial score (nSPS) is 19.8. The molecular formula is C21H24ClN3O2. The van der Waals surface area contributed by atoms with Gasteiger partial charge in [0.25, 0.3) is 0 Å². The average Bonchev–Trinajstić information content (AvgIpc) is 3.20. The number of nitrogens with zero attached hydrogens (tertiary/aromatic N) is 3. The number of ether oxygens (including phenoxy) is 1. The molecule has 2 fully saturated rings. The first-order valence-electron chi connectivity index (χ1n) is 9.66. The number of carbonyl (C=O) groups is 1. The number of benzene rings is 1. The van der Waals surface area contributed by atoms with Crippen molar-refractivity contribution in [3.63, 3.8) is 0 Å². The minimum Gasteiger partial charge on any atom is -0.460 e. The summed E-state index contributed by atoms with van der Waals surface area (Å²) < 4.78 is 5.86. The number of rotatable bonds is 4. The van der Waals surface area contributed by atoms with Gasteiger partial charge in [-0.2, -0.15) is 0 Å². The zero-order valence-corrected chi connectivity index (χ0v) is 16.1. The van der Waals surface area contributed by atoms with Crippen LogP contribution in [0.25, 0.3) is 0 Å². The van der Waals surface area contributed by atoms with E-state index in [-0.39, 0.29) is 17.4 Å². The lowest BCUT2D eigenvalue weighted by Gasteiger charge is -2.38. The Bertz CT molecular complexity index is 768. The van der Waals surface area contributed by atoms with Gasteiger partial charge in [-0.3, -0.25) is 4.79 Å². The second-order valence-electron chi connectivity index (χ2n) is 7.44. The predicted molar refractivity (Wildman–Crippen MR) is 104 cm³/mol. The molecule has 0 atom stereocenters. The summed E-state index contributed by atoms with van der Waals surface area (Å²) in [6.45, 7) is 1.43. The molecule has 1 aliphatic carbocycles. The smallest absolute Gasteiger partial charge is 0.316 e. The number of piperidine rings is 1. The fraction of sp³-hybridized carbons (Fsp3) is 0.476. The Labute approximate surface area is 164 Å². The number of likely N-dealkylation sites (tertiary alicyclic amines) is 1. The number of amides is 1. The zero-order valence-electron chi connectivity index (χ0n) is 15.3. The lowest BCUT2D eigenvalue weighted by atomic mass is 9.77. The van der Waals surface area contributed by atoms with Crippen LogP contribution in [0.4, 0.5) is 0 Å². The van der Waals surface area contributed by atoms with Crippen molar-refractivity contribution in [2.45, 2.75) is 50.0 Å². The van der Waals surface area contributed by atoms with Crippen molar-refractivity contribution < 1.29 is 9.53 Å². The van der Waals surface area contributed by atoms with Crippen LogP contribution in [0.15, 0.2) is 42.7 Å². The first-order chi connectivity index (χ1) is 13.2. The molecule has 142 valence electrons. The van der Waals surface area contributed by atoms with Crippen molar-refractivity contribution in [1.82, 2.24) is 14.9 Å². The molecule has 2 aromatic rings. The van der Waals surface area contributed by atoms with E-state index in [9.17, 15) is 4.79 Å². The fourth-order valence-corrected chi connectivity index (χ4v) is 4.47. The molecule has 0 spiro atoms. The summed E-state index contributed by atoms with van der Waals surface area (Å²) in [5, 5.41) is 0.709. The highest BCUT2D eigenvalue weighted by atomic mass is 35.5. The zero-order chi connectivity index (χ0) is 18.7. The van der Waals surface area contributed by atoms with Gasteiger partial charge in [-0.1, -0.05) is 36.6 Å². The Balaban J connectivity index is 1.43. The molecule has 0 radical (unpaired) electrons. The topological polar surface area (TPSA) is 55.3 Å². The molecule has 1 aromatic carbocycles. The molecule has 1 aromatic heterocycles. The molecule has 0 unspecified atom stereocenters. The molecule has 1 saturated carbocycles. The monoisotopic (exact) mass is 385 g/mol. The Hall–Kier alpha value is -2.14. The quantitative estimate of drug-likeness (QED) is 0.797. The van der Waals surface area contributed by atoms with Gasteiger partial charge in [-0.05, 0) is 36.6 Å². The largest absolute Gasteiger partial charge is 0.460 e. The van der Waals surface area contributed by atoms with E-state index in [0.29, 0.717) is 24.1 Å². The molecule has 0 N–H and O–H groups in total. The number of hydrogen-bond acceptors (Lipinski definition) is 4. The fourth-order valence-electron chi connectivity index (χ4n) is 4.35.